The third-order valence-corrected chi connectivity index (χ3v) is 4.34. The van der Waals surface area contributed by atoms with Crippen LogP contribution in [-0.2, 0) is 6.54 Å². The zero-order valence-corrected chi connectivity index (χ0v) is 14.1. The van der Waals surface area contributed by atoms with Crippen molar-refractivity contribution in [2.24, 2.45) is 0 Å². The van der Waals surface area contributed by atoms with E-state index in [1.807, 2.05) is 24.0 Å². The average Bonchev–Trinajstić information content (AvgIpc) is 3.21. The molecule has 0 aliphatic rings. The van der Waals surface area contributed by atoms with Crippen molar-refractivity contribution in [2.75, 3.05) is 0 Å². The van der Waals surface area contributed by atoms with E-state index >= 15 is 0 Å². The molecule has 2 heterocycles. The maximum absolute atomic E-state index is 13.1. The lowest BCUT2D eigenvalue weighted by molar-refractivity contribution is 0.365. The summed E-state index contributed by atoms with van der Waals surface area (Å²) in [7, 11) is 0. The Morgan fingerprint density at radius 3 is 2.62 bits per heavy atom. The Labute approximate surface area is 140 Å². The van der Waals surface area contributed by atoms with Crippen molar-refractivity contribution in [3.05, 3.63) is 59.8 Å². The topological polar surface area (TPSA) is 58.5 Å². The lowest BCUT2D eigenvalue weighted by atomic mass is 10.1. The van der Waals surface area contributed by atoms with Gasteiger partial charge in [-0.1, -0.05) is 0 Å². The quantitative estimate of drug-likeness (QED) is 0.729. The Kier molecular flexibility index (Phi) is 4.76. The largest absolute Gasteiger partial charge is 0.308 e. The van der Waals surface area contributed by atoms with Gasteiger partial charge in [0.1, 0.15) is 5.82 Å². The Morgan fingerprint density at radius 1 is 1.21 bits per heavy atom. The van der Waals surface area contributed by atoms with Gasteiger partial charge in [0.25, 0.3) is 0 Å². The molecule has 5 nitrogen and oxygen atoms in total. The lowest BCUT2D eigenvalue weighted by Gasteiger charge is -2.21. The van der Waals surface area contributed by atoms with E-state index < -0.39 is 0 Å². The van der Waals surface area contributed by atoms with E-state index in [2.05, 4.69) is 34.5 Å². The van der Waals surface area contributed by atoms with Gasteiger partial charge in [-0.15, -0.1) is 0 Å². The molecule has 0 aliphatic carbocycles. The van der Waals surface area contributed by atoms with Gasteiger partial charge < -0.3 is 5.32 Å². The molecule has 2 aromatic heterocycles. The van der Waals surface area contributed by atoms with Crippen LogP contribution in [0, 0.1) is 12.7 Å². The zero-order valence-electron chi connectivity index (χ0n) is 14.1. The highest BCUT2D eigenvalue weighted by molar-refractivity contribution is 5.62. The summed E-state index contributed by atoms with van der Waals surface area (Å²) in [6, 6.07) is 6.90. The molecule has 3 rings (SSSR count). The van der Waals surface area contributed by atoms with Crippen molar-refractivity contribution >= 4 is 0 Å². The molecule has 1 aromatic carbocycles. The number of nitrogens with zero attached hydrogens (tertiary/aromatic N) is 3. The normalized spacial score (nSPS) is 13.8. The number of aryl methyl sites for hydroxylation is 1. The Hall–Kier alpha value is -2.47. The summed E-state index contributed by atoms with van der Waals surface area (Å²) in [4.78, 5) is 0. The molecule has 0 amide bonds. The number of aromatic nitrogens is 4. The molecular weight excluding hydrogens is 305 g/mol. The number of rotatable bonds is 6. The summed E-state index contributed by atoms with van der Waals surface area (Å²) in [5, 5.41) is 15.0. The van der Waals surface area contributed by atoms with E-state index in [-0.39, 0.29) is 17.9 Å². The van der Waals surface area contributed by atoms with Gasteiger partial charge in [-0.25, -0.2) is 4.39 Å². The monoisotopic (exact) mass is 327 g/mol. The molecule has 3 aromatic rings. The summed E-state index contributed by atoms with van der Waals surface area (Å²) in [5.74, 6) is -0.241. The van der Waals surface area contributed by atoms with Crippen molar-refractivity contribution < 1.29 is 4.39 Å². The highest BCUT2D eigenvalue weighted by atomic mass is 19.1. The molecule has 24 heavy (non-hydrogen) atoms. The highest BCUT2D eigenvalue weighted by Gasteiger charge is 2.16. The fraction of sp³-hybridized carbons (Fsp3) is 0.333. The van der Waals surface area contributed by atoms with Crippen LogP contribution in [0.25, 0.3) is 11.3 Å². The van der Waals surface area contributed by atoms with Crippen LogP contribution in [0.5, 0.6) is 0 Å². The maximum atomic E-state index is 13.1. The second-order valence-corrected chi connectivity index (χ2v) is 6.19. The van der Waals surface area contributed by atoms with E-state index in [0.29, 0.717) is 6.54 Å². The van der Waals surface area contributed by atoms with E-state index in [4.69, 9.17) is 0 Å². The van der Waals surface area contributed by atoms with Crippen LogP contribution < -0.4 is 5.32 Å². The maximum Gasteiger partial charge on any atom is 0.123 e. The van der Waals surface area contributed by atoms with Gasteiger partial charge in [-0.3, -0.25) is 9.78 Å². The van der Waals surface area contributed by atoms with Crippen molar-refractivity contribution in [3.8, 4) is 11.3 Å². The second kappa shape index (κ2) is 6.97. The molecule has 0 saturated heterocycles. The summed E-state index contributed by atoms with van der Waals surface area (Å²) in [5.41, 5.74) is 4.05. The number of benzene rings is 1. The third-order valence-electron chi connectivity index (χ3n) is 4.34. The molecule has 2 unspecified atom stereocenters. The smallest absolute Gasteiger partial charge is 0.123 e. The molecule has 6 heteroatoms. The molecule has 0 fully saturated rings. The predicted molar refractivity (Wildman–Crippen MR) is 92.0 cm³/mol. The van der Waals surface area contributed by atoms with Gasteiger partial charge in [0.05, 0.1) is 24.1 Å². The highest BCUT2D eigenvalue weighted by Crippen LogP contribution is 2.21. The summed E-state index contributed by atoms with van der Waals surface area (Å²) in [6.45, 7) is 6.99. The minimum atomic E-state index is -0.241. The number of halogens is 1. The van der Waals surface area contributed by atoms with Gasteiger partial charge in [-0.2, -0.15) is 10.2 Å². The number of hydrogen-bond donors (Lipinski definition) is 2. The SMILES string of the molecule is Cc1cnn(C(C)C(C)NCc2cn[nH]c2-c2ccc(F)cc2)c1. The van der Waals surface area contributed by atoms with Gasteiger partial charge >= 0.3 is 0 Å². The summed E-state index contributed by atoms with van der Waals surface area (Å²) < 4.78 is 15.1. The first kappa shape index (κ1) is 16.4. The molecule has 0 saturated carbocycles. The summed E-state index contributed by atoms with van der Waals surface area (Å²) in [6.07, 6.45) is 5.72. The number of hydrogen-bond acceptors (Lipinski definition) is 3. The van der Waals surface area contributed by atoms with Crippen LogP contribution in [0.1, 0.15) is 31.0 Å². The standard InChI is InChI=1S/C18H22FN5/c1-12-8-22-24(11-12)14(3)13(2)20-9-16-10-21-23-18(16)15-4-6-17(19)7-5-15/h4-8,10-11,13-14,20H,9H2,1-3H3,(H,21,23). The lowest BCUT2D eigenvalue weighted by Crippen LogP contribution is -2.33. The van der Waals surface area contributed by atoms with Crippen LogP contribution in [0.15, 0.2) is 42.9 Å². The first-order valence-electron chi connectivity index (χ1n) is 8.07. The predicted octanol–water partition coefficient (Wildman–Crippen LogP) is 3.46. The van der Waals surface area contributed by atoms with Crippen molar-refractivity contribution in [3.63, 3.8) is 0 Å². The Morgan fingerprint density at radius 2 is 1.96 bits per heavy atom. The second-order valence-electron chi connectivity index (χ2n) is 6.19. The molecule has 0 radical (unpaired) electrons. The minimum absolute atomic E-state index is 0.236. The molecule has 2 atom stereocenters. The van der Waals surface area contributed by atoms with Crippen LogP contribution in [-0.4, -0.2) is 26.0 Å². The van der Waals surface area contributed by atoms with Crippen LogP contribution in [0.2, 0.25) is 0 Å². The molecule has 0 bridgehead atoms. The number of nitrogens with one attached hydrogen (secondary N) is 2. The number of H-pyrrole nitrogens is 1. The van der Waals surface area contributed by atoms with Crippen LogP contribution in [0.3, 0.4) is 0 Å². The zero-order chi connectivity index (χ0) is 17.1. The van der Waals surface area contributed by atoms with E-state index in [9.17, 15) is 4.39 Å². The summed E-state index contributed by atoms with van der Waals surface area (Å²) >= 11 is 0. The van der Waals surface area contributed by atoms with Crippen molar-refractivity contribution in [1.82, 2.24) is 25.3 Å². The fourth-order valence-corrected chi connectivity index (χ4v) is 2.64. The van der Waals surface area contributed by atoms with Gasteiger partial charge in [0, 0.05) is 29.9 Å². The first-order chi connectivity index (χ1) is 11.5. The minimum Gasteiger partial charge on any atom is -0.308 e. The van der Waals surface area contributed by atoms with Crippen LogP contribution in [0.4, 0.5) is 4.39 Å². The number of aromatic amines is 1. The Balaban J connectivity index is 1.67. The molecular formula is C18H22FN5. The van der Waals surface area contributed by atoms with E-state index in [1.165, 1.54) is 12.1 Å². The third kappa shape index (κ3) is 3.54. The van der Waals surface area contributed by atoms with E-state index in [0.717, 1.165) is 22.4 Å². The van der Waals surface area contributed by atoms with E-state index in [1.54, 1.807) is 18.3 Å². The fourth-order valence-electron chi connectivity index (χ4n) is 2.64. The van der Waals surface area contributed by atoms with Crippen molar-refractivity contribution in [2.45, 2.75) is 39.4 Å². The molecule has 2 N–H and O–H groups in total. The Bertz CT molecular complexity index is 790. The average molecular weight is 327 g/mol. The molecule has 126 valence electrons. The molecule has 0 aliphatic heterocycles. The first-order valence-corrected chi connectivity index (χ1v) is 8.07. The van der Waals surface area contributed by atoms with Gasteiger partial charge in [0.2, 0.25) is 0 Å². The molecule has 0 spiro atoms. The van der Waals surface area contributed by atoms with Gasteiger partial charge in [-0.05, 0) is 50.6 Å². The van der Waals surface area contributed by atoms with Crippen molar-refractivity contribution in [1.29, 1.82) is 0 Å². The van der Waals surface area contributed by atoms with Crippen LogP contribution >= 0.6 is 0 Å². The van der Waals surface area contributed by atoms with Gasteiger partial charge in [0.15, 0.2) is 0 Å².